The lowest BCUT2D eigenvalue weighted by Gasteiger charge is -2.31. The van der Waals surface area contributed by atoms with Crippen molar-refractivity contribution in [1.82, 2.24) is 20.4 Å². The molecule has 0 bridgehead atoms. The summed E-state index contributed by atoms with van der Waals surface area (Å²) in [7, 11) is 0. The zero-order chi connectivity index (χ0) is 21.3. The highest BCUT2D eigenvalue weighted by atomic mass is 16.5. The second-order valence-corrected chi connectivity index (χ2v) is 7.66. The Morgan fingerprint density at radius 1 is 1.10 bits per heavy atom. The van der Waals surface area contributed by atoms with Gasteiger partial charge in [-0.2, -0.15) is 0 Å². The Kier molecular flexibility index (Phi) is 8.21. The summed E-state index contributed by atoms with van der Waals surface area (Å²) >= 11 is 0. The van der Waals surface area contributed by atoms with E-state index in [1.807, 2.05) is 6.92 Å². The Balaban J connectivity index is 1.39. The number of imide groups is 1. The fourth-order valence-electron chi connectivity index (χ4n) is 3.74. The number of unbranched alkanes of at least 4 members (excludes halogenated alkanes) is 1. The van der Waals surface area contributed by atoms with Crippen molar-refractivity contribution in [3.63, 3.8) is 0 Å². The van der Waals surface area contributed by atoms with Crippen LogP contribution >= 0.6 is 0 Å². The number of nitrogens with one attached hydrogen (secondary N) is 2. The zero-order valence-corrected chi connectivity index (χ0v) is 18.0. The third-order valence-corrected chi connectivity index (χ3v) is 5.51. The minimum atomic E-state index is -0.185. The van der Waals surface area contributed by atoms with Crippen LogP contribution < -0.4 is 10.6 Å². The van der Waals surface area contributed by atoms with Crippen LogP contribution in [0, 0.1) is 0 Å². The number of guanidine groups is 1. The van der Waals surface area contributed by atoms with Gasteiger partial charge in [0.1, 0.15) is 0 Å². The van der Waals surface area contributed by atoms with Crippen LogP contribution in [0.25, 0.3) is 0 Å². The second kappa shape index (κ2) is 11.1. The first-order valence-electron chi connectivity index (χ1n) is 10.9. The topological polar surface area (TPSA) is 86.3 Å². The summed E-state index contributed by atoms with van der Waals surface area (Å²) in [5.74, 6) is 0.435. The first kappa shape index (κ1) is 22.2. The van der Waals surface area contributed by atoms with Crippen LogP contribution in [0.5, 0.6) is 0 Å². The average molecular weight is 416 g/mol. The predicted octanol–water partition coefficient (Wildman–Crippen LogP) is 1.34. The number of hydrogen-bond donors (Lipinski definition) is 2. The number of benzene rings is 1. The molecule has 1 fully saturated rings. The van der Waals surface area contributed by atoms with Crippen molar-refractivity contribution in [3.05, 3.63) is 35.4 Å². The van der Waals surface area contributed by atoms with E-state index in [9.17, 15) is 9.59 Å². The van der Waals surface area contributed by atoms with Crippen LogP contribution in [-0.4, -0.2) is 86.1 Å². The molecule has 0 aliphatic carbocycles. The number of aliphatic imine (C=N–C) groups is 1. The lowest BCUT2D eigenvalue weighted by molar-refractivity contribution is 0.0220. The molecule has 30 heavy (non-hydrogen) atoms. The van der Waals surface area contributed by atoms with Gasteiger partial charge in [-0.15, -0.1) is 0 Å². The maximum absolute atomic E-state index is 12.4. The Labute approximate surface area is 178 Å². The van der Waals surface area contributed by atoms with Crippen molar-refractivity contribution in [1.29, 1.82) is 0 Å². The van der Waals surface area contributed by atoms with Gasteiger partial charge in [-0.1, -0.05) is 12.1 Å². The highest BCUT2D eigenvalue weighted by molar-refractivity contribution is 6.21. The van der Waals surface area contributed by atoms with Gasteiger partial charge in [0.2, 0.25) is 0 Å². The summed E-state index contributed by atoms with van der Waals surface area (Å²) < 4.78 is 5.41. The molecular formula is C22H33N5O3. The van der Waals surface area contributed by atoms with Crippen molar-refractivity contribution in [2.24, 2.45) is 4.99 Å². The molecule has 2 heterocycles. The maximum atomic E-state index is 12.4. The van der Waals surface area contributed by atoms with Gasteiger partial charge in [-0.3, -0.25) is 24.4 Å². The first-order chi connectivity index (χ1) is 14.6. The lowest BCUT2D eigenvalue weighted by atomic mass is 10.1. The number of fused-ring (bicyclic) bond motifs is 1. The molecule has 1 atom stereocenters. The highest BCUT2D eigenvalue weighted by Crippen LogP contribution is 2.22. The molecule has 164 valence electrons. The standard InChI is InChI=1S/C22H33N5O3/c1-3-23-22(25-16-17(2)26-12-14-30-15-13-26)24-10-6-7-11-27-20(28)18-8-4-5-9-19(18)21(27)29/h4-5,8-9,17H,3,6-7,10-16H2,1-2H3,(H2,23,24,25). The molecule has 0 spiro atoms. The number of morpholine rings is 1. The van der Waals surface area contributed by atoms with Gasteiger partial charge in [-0.25, -0.2) is 0 Å². The van der Waals surface area contributed by atoms with Gasteiger partial charge in [0, 0.05) is 38.8 Å². The van der Waals surface area contributed by atoms with E-state index in [4.69, 9.17) is 9.73 Å². The molecule has 2 amide bonds. The summed E-state index contributed by atoms with van der Waals surface area (Å²) in [6.07, 6.45) is 1.60. The molecule has 1 aromatic carbocycles. The minimum absolute atomic E-state index is 0.185. The largest absolute Gasteiger partial charge is 0.379 e. The second-order valence-electron chi connectivity index (χ2n) is 7.66. The molecule has 2 aliphatic rings. The van der Waals surface area contributed by atoms with Crippen LogP contribution in [0.15, 0.2) is 29.3 Å². The molecule has 1 unspecified atom stereocenters. The van der Waals surface area contributed by atoms with Gasteiger partial charge in [0.15, 0.2) is 5.96 Å². The number of ether oxygens (including phenoxy) is 1. The molecule has 8 nitrogen and oxygen atoms in total. The average Bonchev–Trinajstić information content (AvgIpc) is 3.02. The van der Waals surface area contributed by atoms with E-state index >= 15 is 0 Å². The zero-order valence-electron chi connectivity index (χ0n) is 18.0. The maximum Gasteiger partial charge on any atom is 0.261 e. The SMILES string of the molecule is CCNC(=NCC(C)N1CCOCC1)NCCCCN1C(=O)c2ccccc2C1=O. The molecule has 1 aromatic rings. The minimum Gasteiger partial charge on any atom is -0.379 e. The number of amides is 2. The summed E-state index contributed by atoms with van der Waals surface area (Å²) in [6, 6.07) is 7.39. The highest BCUT2D eigenvalue weighted by Gasteiger charge is 2.34. The number of hydrogen-bond acceptors (Lipinski definition) is 5. The van der Waals surface area contributed by atoms with Gasteiger partial charge in [0.25, 0.3) is 11.8 Å². The van der Waals surface area contributed by atoms with Crippen LogP contribution in [0.1, 0.15) is 47.4 Å². The molecule has 2 aliphatic heterocycles. The molecular weight excluding hydrogens is 382 g/mol. The van der Waals surface area contributed by atoms with Crippen LogP contribution in [-0.2, 0) is 4.74 Å². The van der Waals surface area contributed by atoms with Crippen LogP contribution in [0.3, 0.4) is 0 Å². The van der Waals surface area contributed by atoms with Crippen LogP contribution in [0.2, 0.25) is 0 Å². The molecule has 0 radical (unpaired) electrons. The van der Waals surface area contributed by atoms with Gasteiger partial charge in [0.05, 0.1) is 30.9 Å². The molecule has 2 N–H and O–H groups in total. The van der Waals surface area contributed by atoms with Crippen molar-refractivity contribution < 1.29 is 14.3 Å². The van der Waals surface area contributed by atoms with E-state index in [1.54, 1.807) is 24.3 Å². The third kappa shape index (κ3) is 5.58. The molecule has 1 saturated heterocycles. The fraction of sp³-hybridized carbons (Fsp3) is 0.591. The summed E-state index contributed by atoms with van der Waals surface area (Å²) in [6.45, 7) is 10.4. The van der Waals surface area contributed by atoms with E-state index in [1.165, 1.54) is 4.90 Å². The first-order valence-corrected chi connectivity index (χ1v) is 10.9. The third-order valence-electron chi connectivity index (χ3n) is 5.51. The van der Waals surface area contributed by atoms with E-state index in [2.05, 4.69) is 22.5 Å². The molecule has 8 heteroatoms. The fourth-order valence-corrected chi connectivity index (χ4v) is 3.74. The van der Waals surface area contributed by atoms with E-state index < -0.39 is 0 Å². The van der Waals surface area contributed by atoms with Crippen molar-refractivity contribution in [2.45, 2.75) is 32.7 Å². The van der Waals surface area contributed by atoms with Crippen molar-refractivity contribution in [2.75, 3.05) is 52.5 Å². The number of carbonyl (C=O) groups excluding carboxylic acids is 2. The van der Waals surface area contributed by atoms with Gasteiger partial charge < -0.3 is 15.4 Å². The summed E-state index contributed by atoms with van der Waals surface area (Å²) in [5, 5.41) is 6.63. The normalized spacial score (nSPS) is 18.5. The van der Waals surface area contributed by atoms with E-state index in [-0.39, 0.29) is 11.8 Å². The van der Waals surface area contributed by atoms with E-state index in [0.29, 0.717) is 23.7 Å². The quantitative estimate of drug-likeness (QED) is 0.274. The van der Waals surface area contributed by atoms with Gasteiger partial charge >= 0.3 is 0 Å². The predicted molar refractivity (Wildman–Crippen MR) is 117 cm³/mol. The Morgan fingerprint density at radius 3 is 2.40 bits per heavy atom. The lowest BCUT2D eigenvalue weighted by Crippen LogP contribution is -2.44. The van der Waals surface area contributed by atoms with Crippen molar-refractivity contribution in [3.8, 4) is 0 Å². The molecule has 3 rings (SSSR count). The number of rotatable bonds is 9. The molecule has 0 saturated carbocycles. The Morgan fingerprint density at radius 2 is 1.77 bits per heavy atom. The smallest absolute Gasteiger partial charge is 0.261 e. The number of nitrogens with zero attached hydrogens (tertiary/aromatic N) is 3. The van der Waals surface area contributed by atoms with E-state index in [0.717, 1.165) is 64.7 Å². The number of carbonyl (C=O) groups is 2. The van der Waals surface area contributed by atoms with Gasteiger partial charge in [-0.05, 0) is 38.8 Å². The summed E-state index contributed by atoms with van der Waals surface area (Å²) in [5.41, 5.74) is 1.02. The Hall–Kier alpha value is -2.45. The monoisotopic (exact) mass is 415 g/mol. The van der Waals surface area contributed by atoms with Crippen molar-refractivity contribution >= 4 is 17.8 Å². The summed E-state index contributed by atoms with van der Waals surface area (Å²) in [4.78, 5) is 33.2. The van der Waals surface area contributed by atoms with Crippen LogP contribution in [0.4, 0.5) is 0 Å². The Bertz CT molecular complexity index is 726. The molecule has 0 aromatic heterocycles.